The van der Waals surface area contributed by atoms with Crippen LogP contribution in [-0.2, 0) is 4.79 Å². The molecule has 0 aliphatic heterocycles. The molecule has 2 unspecified atom stereocenters. The van der Waals surface area contributed by atoms with Gasteiger partial charge in [0.15, 0.2) is 0 Å². The highest BCUT2D eigenvalue weighted by atomic mass is 16.3. The quantitative estimate of drug-likeness (QED) is 0.0420. The third kappa shape index (κ3) is 57.6. The molecular formula is C65H127NO3. The Morgan fingerprint density at radius 1 is 0.333 bits per heavy atom. The fraction of sp³-hybridized carbons (Fsp3) is 0.923. The molecular weight excluding hydrogens is 843 g/mol. The van der Waals surface area contributed by atoms with Crippen LogP contribution < -0.4 is 5.32 Å². The standard InChI is InChI=1S/C65H127NO3/c1-3-5-7-9-11-13-15-17-19-21-23-24-25-26-27-28-29-30-31-32-33-34-35-36-37-38-39-40-41-42-43-45-47-49-51-53-55-57-59-61-65(69)66-63(62-67)64(68)60-58-56-54-52-50-48-46-44-22-20-18-16-14-12-10-8-6-4-2/h32-33,58,60,63-64,67-68H,3-31,34-57,59,61-62H2,1-2H3,(H,66,69)/b33-32-,60-58+. The van der Waals surface area contributed by atoms with Crippen LogP contribution in [-0.4, -0.2) is 34.9 Å². The van der Waals surface area contributed by atoms with E-state index in [1.54, 1.807) is 6.08 Å². The van der Waals surface area contributed by atoms with Gasteiger partial charge in [-0.1, -0.05) is 340 Å². The first kappa shape index (κ1) is 67.9. The molecule has 69 heavy (non-hydrogen) atoms. The van der Waals surface area contributed by atoms with Crippen LogP contribution in [0.25, 0.3) is 0 Å². The molecule has 0 aliphatic carbocycles. The molecule has 0 aliphatic rings. The Labute approximate surface area is 434 Å². The van der Waals surface area contributed by atoms with Gasteiger partial charge in [-0.05, 0) is 44.9 Å². The molecule has 0 heterocycles. The molecule has 2 atom stereocenters. The topological polar surface area (TPSA) is 69.6 Å². The Hall–Kier alpha value is -1.13. The number of nitrogens with one attached hydrogen (secondary N) is 1. The van der Waals surface area contributed by atoms with E-state index in [1.165, 1.54) is 321 Å². The third-order valence-corrected chi connectivity index (χ3v) is 15.2. The number of aliphatic hydroxyl groups is 2. The summed E-state index contributed by atoms with van der Waals surface area (Å²) in [5.41, 5.74) is 0. The first-order valence-electron chi connectivity index (χ1n) is 32.1. The van der Waals surface area contributed by atoms with Crippen LogP contribution in [0.5, 0.6) is 0 Å². The van der Waals surface area contributed by atoms with Gasteiger partial charge in [0.1, 0.15) is 0 Å². The largest absolute Gasteiger partial charge is 0.394 e. The van der Waals surface area contributed by atoms with Crippen molar-refractivity contribution in [3.63, 3.8) is 0 Å². The molecule has 0 aromatic rings. The van der Waals surface area contributed by atoms with Gasteiger partial charge in [-0.15, -0.1) is 0 Å². The highest BCUT2D eigenvalue weighted by Gasteiger charge is 2.18. The summed E-state index contributed by atoms with van der Waals surface area (Å²) in [6.45, 7) is 4.35. The van der Waals surface area contributed by atoms with E-state index in [1.807, 2.05) is 6.08 Å². The van der Waals surface area contributed by atoms with Crippen LogP contribution in [0, 0.1) is 0 Å². The number of hydrogen-bond donors (Lipinski definition) is 3. The summed E-state index contributed by atoms with van der Waals surface area (Å²) in [6, 6.07) is -0.620. The molecule has 410 valence electrons. The molecule has 0 aromatic carbocycles. The Balaban J connectivity index is 3.39. The molecule has 0 bridgehead atoms. The molecule has 0 saturated heterocycles. The van der Waals surface area contributed by atoms with Gasteiger partial charge in [-0.3, -0.25) is 4.79 Å². The predicted octanol–water partition coefficient (Wildman–Crippen LogP) is 21.4. The lowest BCUT2D eigenvalue weighted by molar-refractivity contribution is -0.123. The smallest absolute Gasteiger partial charge is 0.220 e. The van der Waals surface area contributed by atoms with Gasteiger partial charge in [0.25, 0.3) is 0 Å². The maximum atomic E-state index is 12.5. The zero-order chi connectivity index (χ0) is 49.9. The molecule has 0 spiro atoms. The van der Waals surface area contributed by atoms with Gasteiger partial charge >= 0.3 is 0 Å². The second-order valence-corrected chi connectivity index (χ2v) is 22.2. The molecule has 4 nitrogen and oxygen atoms in total. The second-order valence-electron chi connectivity index (χ2n) is 22.2. The SMILES string of the molecule is CCCCCCCCCCCCCCCCCC/C=C/C(O)C(CO)NC(=O)CCCCCCCCCCCCCCCCCCC/C=C\CCCCCCCCCCCCCCCCCCCC. The number of carbonyl (C=O) groups excluding carboxylic acids is 1. The van der Waals surface area contributed by atoms with E-state index < -0.39 is 12.1 Å². The first-order valence-corrected chi connectivity index (χ1v) is 32.1. The van der Waals surface area contributed by atoms with Crippen molar-refractivity contribution in [1.82, 2.24) is 5.32 Å². The Morgan fingerprint density at radius 2 is 0.551 bits per heavy atom. The summed E-state index contributed by atoms with van der Waals surface area (Å²) in [6.07, 6.45) is 82.5. The molecule has 0 radical (unpaired) electrons. The number of aliphatic hydroxyl groups excluding tert-OH is 2. The van der Waals surface area contributed by atoms with Crippen molar-refractivity contribution in [3.05, 3.63) is 24.3 Å². The average Bonchev–Trinajstić information content (AvgIpc) is 3.35. The predicted molar refractivity (Wildman–Crippen MR) is 309 cm³/mol. The highest BCUT2D eigenvalue weighted by Crippen LogP contribution is 2.18. The average molecular weight is 971 g/mol. The monoisotopic (exact) mass is 970 g/mol. The van der Waals surface area contributed by atoms with Crippen LogP contribution in [0.15, 0.2) is 24.3 Å². The summed E-state index contributed by atoms with van der Waals surface area (Å²) < 4.78 is 0. The fourth-order valence-electron chi connectivity index (χ4n) is 10.3. The molecule has 1 amide bonds. The van der Waals surface area contributed by atoms with Gasteiger partial charge < -0.3 is 15.5 Å². The van der Waals surface area contributed by atoms with Crippen molar-refractivity contribution in [1.29, 1.82) is 0 Å². The number of carbonyl (C=O) groups is 1. The lowest BCUT2D eigenvalue weighted by Crippen LogP contribution is -2.45. The summed E-state index contributed by atoms with van der Waals surface area (Å²) in [4.78, 5) is 12.5. The van der Waals surface area contributed by atoms with E-state index in [0.717, 1.165) is 25.7 Å². The maximum absolute atomic E-state index is 12.5. The molecule has 0 rings (SSSR count). The number of hydrogen-bond acceptors (Lipinski definition) is 3. The summed E-state index contributed by atoms with van der Waals surface area (Å²) in [5, 5.41) is 23.2. The number of unbranched alkanes of at least 4 members (excludes halogenated alkanes) is 51. The van der Waals surface area contributed by atoms with E-state index in [-0.39, 0.29) is 12.5 Å². The Morgan fingerprint density at radius 3 is 0.797 bits per heavy atom. The van der Waals surface area contributed by atoms with E-state index in [2.05, 4.69) is 31.3 Å². The van der Waals surface area contributed by atoms with Crippen LogP contribution in [0.4, 0.5) is 0 Å². The van der Waals surface area contributed by atoms with Gasteiger partial charge in [-0.2, -0.15) is 0 Å². The summed E-state index contributed by atoms with van der Waals surface area (Å²) >= 11 is 0. The maximum Gasteiger partial charge on any atom is 0.220 e. The van der Waals surface area contributed by atoms with Gasteiger partial charge in [0.2, 0.25) is 5.91 Å². The van der Waals surface area contributed by atoms with Gasteiger partial charge in [0.05, 0.1) is 18.8 Å². The lowest BCUT2D eigenvalue weighted by Gasteiger charge is -2.20. The molecule has 0 fully saturated rings. The fourth-order valence-corrected chi connectivity index (χ4v) is 10.3. The lowest BCUT2D eigenvalue weighted by atomic mass is 10.0. The third-order valence-electron chi connectivity index (χ3n) is 15.2. The van der Waals surface area contributed by atoms with Crippen molar-refractivity contribution >= 4 is 5.91 Å². The van der Waals surface area contributed by atoms with Gasteiger partial charge in [-0.25, -0.2) is 0 Å². The van der Waals surface area contributed by atoms with Gasteiger partial charge in [0, 0.05) is 6.42 Å². The minimum atomic E-state index is -0.837. The number of rotatable bonds is 60. The normalized spacial score (nSPS) is 12.8. The molecule has 0 saturated carbocycles. The van der Waals surface area contributed by atoms with Crippen molar-refractivity contribution in [2.24, 2.45) is 0 Å². The van der Waals surface area contributed by atoms with Crippen LogP contribution in [0.3, 0.4) is 0 Å². The van der Waals surface area contributed by atoms with Crippen molar-refractivity contribution in [3.8, 4) is 0 Å². The van der Waals surface area contributed by atoms with Crippen molar-refractivity contribution in [2.45, 2.75) is 379 Å². The Kier molecular flexibility index (Phi) is 60.2. The highest BCUT2D eigenvalue weighted by molar-refractivity contribution is 5.76. The summed E-state index contributed by atoms with van der Waals surface area (Å²) in [7, 11) is 0. The molecule has 3 N–H and O–H groups in total. The van der Waals surface area contributed by atoms with Crippen LogP contribution >= 0.6 is 0 Å². The van der Waals surface area contributed by atoms with Crippen LogP contribution in [0.1, 0.15) is 367 Å². The Bertz CT molecular complexity index is 1010. The van der Waals surface area contributed by atoms with E-state index in [9.17, 15) is 15.0 Å². The summed E-state index contributed by atoms with van der Waals surface area (Å²) in [5.74, 6) is -0.0569. The zero-order valence-electron chi connectivity index (χ0n) is 47.4. The number of allylic oxidation sites excluding steroid dienone is 3. The number of amides is 1. The minimum absolute atomic E-state index is 0.0569. The van der Waals surface area contributed by atoms with Crippen molar-refractivity contribution < 1.29 is 15.0 Å². The molecule has 0 aromatic heterocycles. The van der Waals surface area contributed by atoms with E-state index in [4.69, 9.17) is 0 Å². The van der Waals surface area contributed by atoms with Crippen molar-refractivity contribution in [2.75, 3.05) is 6.61 Å². The second kappa shape index (κ2) is 61.2. The zero-order valence-corrected chi connectivity index (χ0v) is 47.4. The minimum Gasteiger partial charge on any atom is -0.394 e. The van der Waals surface area contributed by atoms with E-state index in [0.29, 0.717) is 6.42 Å². The molecule has 4 heteroatoms. The first-order chi connectivity index (χ1) is 34.2. The van der Waals surface area contributed by atoms with Crippen LogP contribution in [0.2, 0.25) is 0 Å². The van der Waals surface area contributed by atoms with E-state index >= 15 is 0 Å².